The number of carbonyl (C=O) groups is 1. The fourth-order valence-corrected chi connectivity index (χ4v) is 3.94. The maximum absolute atomic E-state index is 13.6. The van der Waals surface area contributed by atoms with Crippen LogP contribution in [0.1, 0.15) is 28.7 Å². The average molecular weight is 564 g/mol. The molecule has 3 aromatic heterocycles. The second-order valence-corrected chi connectivity index (χ2v) is 9.20. The fraction of sp³-hybridized carbons (Fsp3) is 0.269. The maximum atomic E-state index is 13.6. The van der Waals surface area contributed by atoms with Gasteiger partial charge in [-0.25, -0.2) is 15.0 Å². The van der Waals surface area contributed by atoms with Crippen molar-refractivity contribution >= 4 is 28.4 Å². The molecule has 0 saturated heterocycles. The number of fused-ring (bicyclic) bond motifs is 1. The third kappa shape index (κ3) is 6.62. The number of pyridine rings is 2. The molecule has 4 aromatic rings. The molecular weight excluding hydrogens is 540 g/mol. The molecule has 14 heteroatoms. The van der Waals surface area contributed by atoms with Crippen LogP contribution in [-0.4, -0.2) is 57.4 Å². The van der Waals surface area contributed by atoms with Gasteiger partial charge in [-0.2, -0.15) is 26.3 Å². The van der Waals surface area contributed by atoms with Crippen LogP contribution in [-0.2, 0) is 12.4 Å². The first kappa shape index (κ1) is 28.7. The minimum atomic E-state index is -4.70. The summed E-state index contributed by atoms with van der Waals surface area (Å²) in [5, 5.41) is 5.81. The Kier molecular flexibility index (Phi) is 7.91. The first-order valence-corrected chi connectivity index (χ1v) is 11.8. The Hall–Kier alpha value is -4.33. The van der Waals surface area contributed by atoms with E-state index in [1.165, 1.54) is 30.5 Å². The number of aromatic nitrogens is 4. The van der Waals surface area contributed by atoms with Crippen LogP contribution in [0.25, 0.3) is 22.4 Å². The van der Waals surface area contributed by atoms with E-state index in [0.717, 1.165) is 24.3 Å². The second-order valence-electron chi connectivity index (χ2n) is 9.20. The van der Waals surface area contributed by atoms with Gasteiger partial charge in [0.2, 0.25) is 5.82 Å². The van der Waals surface area contributed by atoms with Crippen LogP contribution in [0.3, 0.4) is 0 Å². The molecule has 0 spiro atoms. The van der Waals surface area contributed by atoms with Crippen LogP contribution in [0.15, 0.2) is 54.7 Å². The average Bonchev–Trinajstić information content (AvgIpc) is 2.87. The Labute approximate surface area is 224 Å². The number of anilines is 2. The van der Waals surface area contributed by atoms with Gasteiger partial charge in [-0.05, 0) is 69.6 Å². The van der Waals surface area contributed by atoms with Gasteiger partial charge in [0.05, 0.1) is 22.2 Å². The van der Waals surface area contributed by atoms with Gasteiger partial charge in [0.25, 0.3) is 5.91 Å². The second kappa shape index (κ2) is 11.0. The molecule has 4 rings (SSSR count). The molecule has 40 heavy (non-hydrogen) atoms. The number of likely N-dealkylation sites (N-methyl/N-ethyl adjacent to an activating group) is 1. The van der Waals surface area contributed by atoms with Crippen molar-refractivity contribution in [2.45, 2.75) is 25.3 Å². The number of carbonyl (C=O) groups excluding carboxylic acids is 1. The summed E-state index contributed by atoms with van der Waals surface area (Å²) in [5.41, 5.74) is -2.35. The van der Waals surface area contributed by atoms with Gasteiger partial charge in [0.15, 0.2) is 5.65 Å². The molecule has 1 aromatic carbocycles. The Morgan fingerprint density at radius 3 is 2.25 bits per heavy atom. The quantitative estimate of drug-likeness (QED) is 0.285. The molecule has 1 atom stereocenters. The third-order valence-electron chi connectivity index (χ3n) is 5.61. The van der Waals surface area contributed by atoms with E-state index >= 15 is 0 Å². The predicted octanol–water partition coefficient (Wildman–Crippen LogP) is 5.55. The lowest BCUT2D eigenvalue weighted by Crippen LogP contribution is -2.40. The summed E-state index contributed by atoms with van der Waals surface area (Å²) in [6.07, 6.45) is -8.04. The Morgan fingerprint density at radius 1 is 0.925 bits per heavy atom. The van der Waals surface area contributed by atoms with Crippen LogP contribution >= 0.6 is 0 Å². The summed E-state index contributed by atoms with van der Waals surface area (Å²) >= 11 is 0. The van der Waals surface area contributed by atoms with Gasteiger partial charge in [0, 0.05) is 24.5 Å². The lowest BCUT2D eigenvalue weighted by molar-refractivity contribution is -0.138. The van der Waals surface area contributed by atoms with Crippen molar-refractivity contribution in [1.82, 2.24) is 30.2 Å². The normalized spacial score (nSPS) is 12.9. The smallest absolute Gasteiger partial charge is 0.346 e. The largest absolute Gasteiger partial charge is 0.418 e. The predicted molar refractivity (Wildman–Crippen MR) is 136 cm³/mol. The standard InChI is InChI=1S/C26H23F6N7O/c1-14(13-39(2)3)34-24(40)23-37-21(35-16-8-6-15(7-9-16)25(27,28)29)17-10-11-19(36-22(17)38-23)20-18(26(30,31)32)5-4-12-33-20/h4-12,14H,13H2,1-3H3,(H,34,40)(H,35,36,37,38). The van der Waals surface area contributed by atoms with Gasteiger partial charge in [0.1, 0.15) is 11.5 Å². The lowest BCUT2D eigenvalue weighted by Gasteiger charge is -2.18. The van der Waals surface area contributed by atoms with Crippen LogP contribution in [0.2, 0.25) is 0 Å². The number of alkyl halides is 6. The summed E-state index contributed by atoms with van der Waals surface area (Å²) < 4.78 is 79.8. The van der Waals surface area contributed by atoms with Crippen molar-refractivity contribution in [2.75, 3.05) is 26.0 Å². The summed E-state index contributed by atoms with van der Waals surface area (Å²) in [7, 11) is 3.64. The van der Waals surface area contributed by atoms with E-state index in [0.29, 0.717) is 6.54 Å². The van der Waals surface area contributed by atoms with Crippen molar-refractivity contribution in [1.29, 1.82) is 0 Å². The van der Waals surface area contributed by atoms with Crippen molar-refractivity contribution in [3.63, 3.8) is 0 Å². The van der Waals surface area contributed by atoms with Crippen molar-refractivity contribution < 1.29 is 31.1 Å². The van der Waals surface area contributed by atoms with E-state index < -0.39 is 35.1 Å². The van der Waals surface area contributed by atoms with Crippen LogP contribution in [0.4, 0.5) is 37.8 Å². The number of hydrogen-bond acceptors (Lipinski definition) is 7. The zero-order valence-electron chi connectivity index (χ0n) is 21.4. The Balaban J connectivity index is 1.80. The number of amides is 1. The monoisotopic (exact) mass is 563 g/mol. The van der Waals surface area contributed by atoms with Gasteiger partial charge >= 0.3 is 12.4 Å². The molecule has 0 saturated carbocycles. The van der Waals surface area contributed by atoms with E-state index in [9.17, 15) is 31.1 Å². The topological polar surface area (TPSA) is 95.9 Å². The number of nitrogens with one attached hydrogen (secondary N) is 2. The minimum absolute atomic E-state index is 0.0197. The van der Waals surface area contributed by atoms with Crippen molar-refractivity contribution in [3.05, 3.63) is 71.7 Å². The molecule has 0 radical (unpaired) electrons. The number of rotatable bonds is 7. The molecular formula is C26H23F6N7O. The van der Waals surface area contributed by atoms with E-state index in [1.54, 1.807) is 6.92 Å². The molecule has 1 amide bonds. The number of halogens is 6. The van der Waals surface area contributed by atoms with Crippen LogP contribution in [0.5, 0.6) is 0 Å². The molecule has 3 heterocycles. The van der Waals surface area contributed by atoms with Gasteiger partial charge in [-0.3, -0.25) is 9.78 Å². The lowest BCUT2D eigenvalue weighted by atomic mass is 10.1. The molecule has 8 nitrogen and oxygen atoms in total. The highest BCUT2D eigenvalue weighted by Crippen LogP contribution is 2.36. The first-order chi connectivity index (χ1) is 18.7. The number of benzene rings is 1. The molecule has 2 N–H and O–H groups in total. The third-order valence-corrected chi connectivity index (χ3v) is 5.61. The van der Waals surface area contributed by atoms with E-state index in [1.807, 2.05) is 19.0 Å². The Bertz CT molecular complexity index is 1520. The van der Waals surface area contributed by atoms with Crippen LogP contribution in [0, 0.1) is 0 Å². The van der Waals surface area contributed by atoms with Gasteiger partial charge in [-0.1, -0.05) is 0 Å². The van der Waals surface area contributed by atoms with Crippen molar-refractivity contribution in [2.24, 2.45) is 0 Å². The van der Waals surface area contributed by atoms with Crippen molar-refractivity contribution in [3.8, 4) is 11.4 Å². The molecule has 1 unspecified atom stereocenters. The fourth-order valence-electron chi connectivity index (χ4n) is 3.94. The summed E-state index contributed by atoms with van der Waals surface area (Å²) in [4.78, 5) is 31.4. The zero-order chi connectivity index (χ0) is 29.2. The summed E-state index contributed by atoms with van der Waals surface area (Å²) in [6, 6.07) is 8.51. The highest BCUT2D eigenvalue weighted by molar-refractivity contribution is 5.96. The van der Waals surface area contributed by atoms with E-state index in [-0.39, 0.29) is 40.1 Å². The van der Waals surface area contributed by atoms with Gasteiger partial charge in [-0.15, -0.1) is 0 Å². The highest BCUT2D eigenvalue weighted by Gasteiger charge is 2.35. The number of hydrogen-bond donors (Lipinski definition) is 2. The summed E-state index contributed by atoms with van der Waals surface area (Å²) in [5.74, 6) is -0.992. The first-order valence-electron chi connectivity index (χ1n) is 11.8. The molecule has 0 fully saturated rings. The highest BCUT2D eigenvalue weighted by atomic mass is 19.4. The SMILES string of the molecule is CC(CN(C)C)NC(=O)c1nc(Nc2ccc(C(F)(F)F)cc2)c2ccc(-c3ncccc3C(F)(F)F)nc2n1. The van der Waals surface area contributed by atoms with Gasteiger partial charge < -0.3 is 15.5 Å². The summed E-state index contributed by atoms with van der Waals surface area (Å²) in [6.45, 7) is 2.26. The Morgan fingerprint density at radius 2 is 1.62 bits per heavy atom. The number of nitrogens with zero attached hydrogens (tertiary/aromatic N) is 5. The molecule has 0 aliphatic carbocycles. The molecule has 0 bridgehead atoms. The molecule has 210 valence electrons. The molecule has 0 aliphatic rings. The zero-order valence-corrected chi connectivity index (χ0v) is 21.4. The molecule has 0 aliphatic heterocycles. The van der Waals surface area contributed by atoms with Crippen LogP contribution < -0.4 is 10.6 Å². The minimum Gasteiger partial charge on any atom is -0.346 e. The maximum Gasteiger partial charge on any atom is 0.418 e. The van der Waals surface area contributed by atoms with E-state index in [4.69, 9.17) is 0 Å². The van der Waals surface area contributed by atoms with E-state index in [2.05, 4.69) is 30.6 Å².